The molecule has 0 saturated carbocycles. The monoisotopic (exact) mass is 329 g/mol. The number of aromatic nitrogens is 4. The molecule has 0 aliphatic carbocycles. The lowest BCUT2D eigenvalue weighted by Gasteiger charge is -2.05. The van der Waals surface area contributed by atoms with Crippen LogP contribution in [0.25, 0.3) is 11.4 Å². The summed E-state index contributed by atoms with van der Waals surface area (Å²) >= 11 is 9.36. The molecule has 0 amide bonds. The zero-order valence-corrected chi connectivity index (χ0v) is 12.0. The summed E-state index contributed by atoms with van der Waals surface area (Å²) in [4.78, 5) is 0. The first-order valence-electron chi connectivity index (χ1n) is 5.64. The molecule has 7 heteroatoms. The molecule has 2 rings (SSSR count). The second-order valence-corrected chi connectivity index (χ2v) is 5.11. The van der Waals surface area contributed by atoms with Gasteiger partial charge >= 0.3 is 0 Å². The summed E-state index contributed by atoms with van der Waals surface area (Å²) in [5, 5.41) is 12.4. The molecule has 96 valence electrons. The van der Waals surface area contributed by atoms with Gasteiger partial charge in [-0.1, -0.05) is 11.6 Å². The number of hydrogen-bond acceptors (Lipinski definition) is 4. The van der Waals surface area contributed by atoms with Gasteiger partial charge in [0.1, 0.15) is 0 Å². The third kappa shape index (κ3) is 3.07. The van der Waals surface area contributed by atoms with Crippen LogP contribution < -0.4 is 5.73 Å². The van der Waals surface area contributed by atoms with Crippen molar-refractivity contribution in [2.45, 2.75) is 19.4 Å². The van der Waals surface area contributed by atoms with E-state index < -0.39 is 0 Å². The minimum Gasteiger partial charge on any atom is -0.330 e. The Kier molecular flexibility index (Phi) is 4.68. The Morgan fingerprint density at radius 2 is 2.17 bits per heavy atom. The van der Waals surface area contributed by atoms with Gasteiger partial charge in [-0.3, -0.25) is 0 Å². The number of hydrogen-bond donors (Lipinski definition) is 1. The second-order valence-electron chi connectivity index (χ2n) is 3.85. The Morgan fingerprint density at radius 3 is 2.89 bits per heavy atom. The van der Waals surface area contributed by atoms with Crippen molar-refractivity contribution in [3.8, 4) is 11.4 Å². The van der Waals surface area contributed by atoms with E-state index in [1.165, 1.54) is 0 Å². The molecule has 0 fully saturated rings. The van der Waals surface area contributed by atoms with Crippen molar-refractivity contribution in [1.82, 2.24) is 20.2 Å². The van der Waals surface area contributed by atoms with E-state index in [-0.39, 0.29) is 0 Å². The van der Waals surface area contributed by atoms with E-state index in [1.807, 2.05) is 18.2 Å². The maximum absolute atomic E-state index is 5.97. The summed E-state index contributed by atoms with van der Waals surface area (Å²) in [6, 6.07) is 5.63. The molecule has 0 aliphatic heterocycles. The Balaban J connectivity index is 2.22. The van der Waals surface area contributed by atoms with Crippen LogP contribution in [0.15, 0.2) is 22.7 Å². The molecule has 2 aromatic rings. The lowest BCUT2D eigenvalue weighted by molar-refractivity contribution is 0.548. The maximum atomic E-state index is 5.97. The highest BCUT2D eigenvalue weighted by Gasteiger charge is 2.10. The van der Waals surface area contributed by atoms with Crippen LogP contribution in [0.1, 0.15) is 12.8 Å². The van der Waals surface area contributed by atoms with E-state index in [9.17, 15) is 0 Å². The molecule has 1 heterocycles. The van der Waals surface area contributed by atoms with Crippen molar-refractivity contribution in [3.05, 3.63) is 27.7 Å². The third-order valence-corrected chi connectivity index (χ3v) is 3.75. The first-order chi connectivity index (χ1) is 8.72. The van der Waals surface area contributed by atoms with Crippen LogP contribution in [0, 0.1) is 0 Å². The molecule has 2 N–H and O–H groups in total. The van der Waals surface area contributed by atoms with E-state index in [1.54, 1.807) is 4.68 Å². The first kappa shape index (κ1) is 13.5. The average molecular weight is 331 g/mol. The highest BCUT2D eigenvalue weighted by atomic mass is 79.9. The van der Waals surface area contributed by atoms with Crippen LogP contribution in [-0.2, 0) is 6.54 Å². The van der Waals surface area contributed by atoms with Crippen molar-refractivity contribution in [2.75, 3.05) is 6.54 Å². The predicted octanol–water partition coefficient (Wildman–Crippen LogP) is 2.49. The molecule has 1 aromatic heterocycles. The molecule has 1 aromatic carbocycles. The summed E-state index contributed by atoms with van der Waals surface area (Å²) in [5.74, 6) is 0.740. The Hall–Kier alpha value is -0.980. The third-order valence-electron chi connectivity index (χ3n) is 2.53. The zero-order valence-electron chi connectivity index (χ0n) is 9.68. The molecule has 0 spiro atoms. The lowest BCUT2D eigenvalue weighted by atomic mass is 10.2. The summed E-state index contributed by atoms with van der Waals surface area (Å²) < 4.78 is 2.61. The molecule has 0 saturated heterocycles. The van der Waals surface area contributed by atoms with E-state index in [0.29, 0.717) is 11.6 Å². The van der Waals surface area contributed by atoms with Gasteiger partial charge in [-0.25, -0.2) is 4.68 Å². The van der Waals surface area contributed by atoms with Gasteiger partial charge in [0.2, 0.25) is 0 Å². The van der Waals surface area contributed by atoms with Crippen LogP contribution in [0.5, 0.6) is 0 Å². The molecule has 0 atom stereocenters. The number of nitrogens with zero attached hydrogens (tertiary/aromatic N) is 4. The Labute approximate surface area is 118 Å². The molecule has 0 bridgehead atoms. The molecule has 0 aliphatic rings. The van der Waals surface area contributed by atoms with Gasteiger partial charge in [0.25, 0.3) is 0 Å². The number of aryl methyl sites for hydroxylation is 1. The molecule has 0 radical (unpaired) electrons. The van der Waals surface area contributed by atoms with Crippen molar-refractivity contribution in [2.24, 2.45) is 5.73 Å². The smallest absolute Gasteiger partial charge is 0.182 e. The van der Waals surface area contributed by atoms with Crippen molar-refractivity contribution >= 4 is 27.5 Å². The summed E-state index contributed by atoms with van der Waals surface area (Å²) in [6.45, 7) is 1.45. The fourth-order valence-electron chi connectivity index (χ4n) is 1.60. The molecule has 0 unspecified atom stereocenters. The first-order valence-corrected chi connectivity index (χ1v) is 6.81. The standard InChI is InChI=1S/C11H13BrClN5/c12-9-7-8(3-4-10(9)13)11-15-16-17-18(11)6-2-1-5-14/h3-4,7H,1-2,5-6,14H2. The van der Waals surface area contributed by atoms with Crippen molar-refractivity contribution in [1.29, 1.82) is 0 Å². The zero-order chi connectivity index (χ0) is 13.0. The Bertz CT molecular complexity index is 528. The molecular formula is C11H13BrClN5. The second kappa shape index (κ2) is 6.26. The fraction of sp³-hybridized carbons (Fsp3) is 0.364. The largest absolute Gasteiger partial charge is 0.330 e. The molecule has 18 heavy (non-hydrogen) atoms. The van der Waals surface area contributed by atoms with Gasteiger partial charge in [0.05, 0.1) is 5.02 Å². The van der Waals surface area contributed by atoms with Crippen LogP contribution in [0.2, 0.25) is 5.02 Å². The summed E-state index contributed by atoms with van der Waals surface area (Å²) in [7, 11) is 0. The number of tetrazole rings is 1. The lowest BCUT2D eigenvalue weighted by Crippen LogP contribution is -2.06. The van der Waals surface area contributed by atoms with Gasteiger partial charge < -0.3 is 5.73 Å². The van der Waals surface area contributed by atoms with Crippen LogP contribution in [0.4, 0.5) is 0 Å². The highest BCUT2D eigenvalue weighted by molar-refractivity contribution is 9.10. The van der Waals surface area contributed by atoms with E-state index >= 15 is 0 Å². The summed E-state index contributed by atoms with van der Waals surface area (Å²) in [5.41, 5.74) is 6.41. The quantitative estimate of drug-likeness (QED) is 0.855. The predicted molar refractivity (Wildman–Crippen MR) is 74.3 cm³/mol. The molecular weight excluding hydrogens is 318 g/mol. The van der Waals surface area contributed by atoms with Gasteiger partial charge in [-0.15, -0.1) is 5.10 Å². The average Bonchev–Trinajstić information content (AvgIpc) is 2.81. The topological polar surface area (TPSA) is 69.6 Å². The van der Waals surface area contributed by atoms with Crippen LogP contribution in [-0.4, -0.2) is 26.8 Å². The minimum atomic E-state index is 0.668. The molecule has 5 nitrogen and oxygen atoms in total. The number of unbranched alkanes of at least 4 members (excludes halogenated alkanes) is 1. The van der Waals surface area contributed by atoms with E-state index in [4.69, 9.17) is 17.3 Å². The SMILES string of the molecule is NCCCCn1nnnc1-c1ccc(Cl)c(Br)c1. The van der Waals surface area contributed by atoms with Gasteiger partial charge in [0.15, 0.2) is 5.82 Å². The summed E-state index contributed by atoms with van der Waals surface area (Å²) in [6.07, 6.45) is 1.92. The van der Waals surface area contributed by atoms with E-state index in [0.717, 1.165) is 35.2 Å². The van der Waals surface area contributed by atoms with Crippen molar-refractivity contribution < 1.29 is 0 Å². The number of rotatable bonds is 5. The maximum Gasteiger partial charge on any atom is 0.182 e. The highest BCUT2D eigenvalue weighted by Crippen LogP contribution is 2.27. The van der Waals surface area contributed by atoms with E-state index in [2.05, 4.69) is 31.5 Å². The normalized spacial score (nSPS) is 10.8. The Morgan fingerprint density at radius 1 is 1.33 bits per heavy atom. The van der Waals surface area contributed by atoms with Crippen molar-refractivity contribution in [3.63, 3.8) is 0 Å². The number of nitrogens with two attached hydrogens (primary N) is 1. The van der Waals surface area contributed by atoms with Gasteiger partial charge in [0, 0.05) is 16.6 Å². The van der Waals surface area contributed by atoms with Crippen LogP contribution in [0.3, 0.4) is 0 Å². The van der Waals surface area contributed by atoms with Crippen LogP contribution >= 0.6 is 27.5 Å². The van der Waals surface area contributed by atoms with Gasteiger partial charge in [-0.2, -0.15) is 0 Å². The minimum absolute atomic E-state index is 0.668. The fourth-order valence-corrected chi connectivity index (χ4v) is 2.10. The number of benzene rings is 1. The number of halogens is 2. The van der Waals surface area contributed by atoms with Gasteiger partial charge in [-0.05, 0) is 63.9 Å².